The van der Waals surface area contributed by atoms with E-state index in [4.69, 9.17) is 12.2 Å². The summed E-state index contributed by atoms with van der Waals surface area (Å²) in [5, 5.41) is 9.96. The van der Waals surface area contributed by atoms with Crippen LogP contribution in [-0.2, 0) is 0 Å². The van der Waals surface area contributed by atoms with Crippen LogP contribution in [0, 0.1) is 0 Å². The summed E-state index contributed by atoms with van der Waals surface area (Å²) in [6.45, 7) is 11.0. The van der Waals surface area contributed by atoms with Crippen LogP contribution in [0.4, 0.5) is 0 Å². The maximum Gasteiger partial charge on any atom is 0.133 e. The standard InChI is InChI=1S/C9H18N2S2.C4H10N2/c1-3-7-6-11(9(12)13)8(4-2)5-10-7;1-2-6-4-3-5-1/h7-8,10H,3-6H2,1-2H3,(H,12,13);5-6H,1-4H2. The van der Waals surface area contributed by atoms with E-state index in [1.807, 2.05) is 0 Å². The molecule has 0 amide bonds. The van der Waals surface area contributed by atoms with Crippen LogP contribution < -0.4 is 16.0 Å². The van der Waals surface area contributed by atoms with E-state index in [-0.39, 0.29) is 0 Å². The number of nitrogens with one attached hydrogen (secondary N) is 3. The van der Waals surface area contributed by atoms with Gasteiger partial charge in [-0.2, -0.15) is 0 Å². The number of nitrogens with zero attached hydrogens (tertiary/aromatic N) is 1. The first-order valence-corrected chi connectivity index (χ1v) is 8.18. The molecule has 2 aliphatic heterocycles. The van der Waals surface area contributed by atoms with Crippen LogP contribution in [0.1, 0.15) is 26.7 Å². The van der Waals surface area contributed by atoms with Gasteiger partial charge in [-0.25, -0.2) is 0 Å². The summed E-state index contributed by atoms with van der Waals surface area (Å²) in [5.74, 6) is 0. The van der Waals surface area contributed by atoms with Gasteiger partial charge in [-0.15, -0.1) is 12.6 Å². The highest BCUT2D eigenvalue weighted by Gasteiger charge is 2.25. The lowest BCUT2D eigenvalue weighted by molar-refractivity contribution is 0.212. The molecule has 112 valence electrons. The first-order valence-electron chi connectivity index (χ1n) is 7.33. The molecule has 0 radical (unpaired) electrons. The Bertz CT molecular complexity index is 248. The molecule has 2 fully saturated rings. The summed E-state index contributed by atoms with van der Waals surface area (Å²) >= 11 is 9.39. The number of hydrogen-bond donors (Lipinski definition) is 4. The summed E-state index contributed by atoms with van der Waals surface area (Å²) in [7, 11) is 0. The van der Waals surface area contributed by atoms with Gasteiger partial charge in [0.05, 0.1) is 0 Å². The maximum atomic E-state index is 5.12. The molecule has 0 spiro atoms. The highest BCUT2D eigenvalue weighted by molar-refractivity contribution is 8.10. The highest BCUT2D eigenvalue weighted by Crippen LogP contribution is 2.14. The normalized spacial score (nSPS) is 27.4. The van der Waals surface area contributed by atoms with E-state index >= 15 is 0 Å². The van der Waals surface area contributed by atoms with Crippen molar-refractivity contribution in [3.63, 3.8) is 0 Å². The van der Waals surface area contributed by atoms with E-state index in [1.165, 1.54) is 0 Å². The fourth-order valence-electron chi connectivity index (χ4n) is 2.34. The van der Waals surface area contributed by atoms with Gasteiger partial charge in [0.1, 0.15) is 4.32 Å². The molecule has 2 aliphatic rings. The maximum absolute atomic E-state index is 5.12. The van der Waals surface area contributed by atoms with Gasteiger partial charge in [-0.3, -0.25) is 0 Å². The van der Waals surface area contributed by atoms with Crippen LogP contribution >= 0.6 is 24.8 Å². The Morgan fingerprint density at radius 1 is 1.16 bits per heavy atom. The van der Waals surface area contributed by atoms with Gasteiger partial charge in [0.2, 0.25) is 0 Å². The van der Waals surface area contributed by atoms with Crippen LogP contribution in [-0.4, -0.2) is 60.6 Å². The Hall–Kier alpha value is 0.120. The van der Waals surface area contributed by atoms with Gasteiger partial charge < -0.3 is 20.9 Å². The van der Waals surface area contributed by atoms with Crippen molar-refractivity contribution in [2.75, 3.05) is 39.3 Å². The lowest BCUT2D eigenvalue weighted by atomic mass is 10.1. The zero-order chi connectivity index (χ0) is 14.1. The van der Waals surface area contributed by atoms with E-state index in [2.05, 4.69) is 47.3 Å². The van der Waals surface area contributed by atoms with E-state index in [9.17, 15) is 0 Å². The van der Waals surface area contributed by atoms with Gasteiger partial charge in [0, 0.05) is 51.4 Å². The number of hydrogen-bond acceptors (Lipinski definition) is 4. The van der Waals surface area contributed by atoms with Crippen LogP contribution in [0.15, 0.2) is 0 Å². The van der Waals surface area contributed by atoms with Crippen LogP contribution in [0.25, 0.3) is 0 Å². The Kier molecular flexibility index (Phi) is 8.98. The van der Waals surface area contributed by atoms with E-state index < -0.39 is 0 Å². The van der Waals surface area contributed by atoms with Crippen molar-refractivity contribution >= 4 is 29.2 Å². The number of piperazine rings is 2. The molecular weight excluding hydrogens is 276 g/mol. The number of rotatable bonds is 2. The number of thiocarbonyl (C=S) groups is 1. The lowest BCUT2D eigenvalue weighted by Crippen LogP contribution is -2.56. The third kappa shape index (κ3) is 6.40. The molecule has 0 bridgehead atoms. The number of thiol groups is 1. The molecule has 2 saturated heterocycles. The van der Waals surface area contributed by atoms with Gasteiger partial charge >= 0.3 is 0 Å². The summed E-state index contributed by atoms with van der Waals surface area (Å²) in [4.78, 5) is 2.24. The molecule has 19 heavy (non-hydrogen) atoms. The molecule has 0 aromatic carbocycles. The summed E-state index contributed by atoms with van der Waals surface area (Å²) in [5.41, 5.74) is 0. The van der Waals surface area contributed by atoms with Crippen molar-refractivity contribution in [2.45, 2.75) is 38.8 Å². The molecule has 0 aromatic heterocycles. The molecule has 2 rings (SSSR count). The fraction of sp³-hybridized carbons (Fsp3) is 0.923. The van der Waals surface area contributed by atoms with Crippen LogP contribution in [0.5, 0.6) is 0 Å². The lowest BCUT2D eigenvalue weighted by Gasteiger charge is -2.40. The third-order valence-electron chi connectivity index (χ3n) is 3.67. The Labute approximate surface area is 128 Å². The van der Waals surface area contributed by atoms with Crippen molar-refractivity contribution in [3.8, 4) is 0 Å². The zero-order valence-electron chi connectivity index (χ0n) is 12.1. The first-order chi connectivity index (χ1) is 9.19. The topological polar surface area (TPSA) is 39.3 Å². The van der Waals surface area contributed by atoms with Gasteiger partial charge in [-0.05, 0) is 12.8 Å². The highest BCUT2D eigenvalue weighted by atomic mass is 32.1. The molecule has 6 heteroatoms. The summed E-state index contributed by atoms with van der Waals surface area (Å²) in [6, 6.07) is 1.11. The fourth-order valence-corrected chi connectivity index (χ4v) is 2.81. The molecule has 2 atom stereocenters. The molecule has 0 saturated carbocycles. The first kappa shape index (κ1) is 17.2. The largest absolute Gasteiger partial charge is 0.352 e. The van der Waals surface area contributed by atoms with E-state index in [1.54, 1.807) is 0 Å². The smallest absolute Gasteiger partial charge is 0.133 e. The van der Waals surface area contributed by atoms with Gasteiger partial charge in [-0.1, -0.05) is 26.1 Å². The second kappa shape index (κ2) is 9.94. The molecule has 3 N–H and O–H groups in total. The van der Waals surface area contributed by atoms with Crippen LogP contribution in [0.2, 0.25) is 0 Å². The predicted molar refractivity (Wildman–Crippen MR) is 90.2 cm³/mol. The van der Waals surface area contributed by atoms with Gasteiger partial charge in [0.15, 0.2) is 0 Å². The minimum atomic E-state index is 0.535. The average Bonchev–Trinajstić information content (AvgIpc) is 2.48. The molecular formula is C13H28N4S2. The third-order valence-corrected chi connectivity index (χ3v) is 4.16. The quantitative estimate of drug-likeness (QED) is 0.450. The van der Waals surface area contributed by atoms with E-state index in [0.29, 0.717) is 12.1 Å². The molecule has 0 aliphatic carbocycles. The zero-order valence-corrected chi connectivity index (χ0v) is 13.8. The Balaban J connectivity index is 0.000000250. The second-order valence-electron chi connectivity index (χ2n) is 5.01. The monoisotopic (exact) mass is 304 g/mol. The van der Waals surface area contributed by atoms with Crippen molar-refractivity contribution in [1.29, 1.82) is 0 Å². The molecule has 4 nitrogen and oxygen atoms in total. The minimum Gasteiger partial charge on any atom is -0.352 e. The molecule has 2 unspecified atom stereocenters. The summed E-state index contributed by atoms with van der Waals surface area (Å²) in [6.07, 6.45) is 2.29. The predicted octanol–water partition coefficient (Wildman–Crippen LogP) is 0.843. The van der Waals surface area contributed by atoms with Crippen molar-refractivity contribution in [1.82, 2.24) is 20.9 Å². The van der Waals surface area contributed by atoms with Crippen LogP contribution in [0.3, 0.4) is 0 Å². The van der Waals surface area contributed by atoms with Crippen molar-refractivity contribution in [3.05, 3.63) is 0 Å². The minimum absolute atomic E-state index is 0.535. The molecule has 0 aromatic rings. The van der Waals surface area contributed by atoms with E-state index in [0.717, 1.165) is 56.4 Å². The average molecular weight is 305 g/mol. The second-order valence-corrected chi connectivity index (χ2v) is 6.12. The molecule has 2 heterocycles. The Morgan fingerprint density at radius 2 is 1.74 bits per heavy atom. The van der Waals surface area contributed by atoms with Gasteiger partial charge in [0.25, 0.3) is 0 Å². The van der Waals surface area contributed by atoms with Crippen molar-refractivity contribution < 1.29 is 0 Å². The van der Waals surface area contributed by atoms with Crippen molar-refractivity contribution in [2.24, 2.45) is 0 Å². The Morgan fingerprint density at radius 3 is 2.11 bits per heavy atom. The SMILES string of the molecule is C1CNCCN1.CCC1CN(C(=S)S)C(CC)CN1. The summed E-state index contributed by atoms with van der Waals surface area (Å²) < 4.78 is 0.742.